The van der Waals surface area contributed by atoms with Gasteiger partial charge in [0.25, 0.3) is 5.91 Å². The van der Waals surface area contributed by atoms with Gasteiger partial charge in [0.2, 0.25) is 0 Å². The topological polar surface area (TPSA) is 38.3 Å². The Bertz CT molecular complexity index is 671. The van der Waals surface area contributed by atoms with E-state index in [9.17, 15) is 13.6 Å². The van der Waals surface area contributed by atoms with E-state index in [-0.39, 0.29) is 12.3 Å². The van der Waals surface area contributed by atoms with E-state index >= 15 is 0 Å². The van der Waals surface area contributed by atoms with Gasteiger partial charge in [-0.3, -0.25) is 4.79 Å². The van der Waals surface area contributed by atoms with Crippen LogP contribution in [0.5, 0.6) is 5.75 Å². The van der Waals surface area contributed by atoms with Crippen LogP contribution in [0, 0.1) is 25.5 Å². The van der Waals surface area contributed by atoms with Crippen molar-refractivity contribution in [2.24, 2.45) is 0 Å². The molecule has 0 atom stereocenters. The maximum Gasteiger partial charge on any atom is 0.262 e. The molecule has 0 aliphatic heterocycles. The Morgan fingerprint density at radius 1 is 1.14 bits per heavy atom. The van der Waals surface area contributed by atoms with Crippen molar-refractivity contribution < 1.29 is 18.3 Å². The minimum atomic E-state index is -0.698. The quantitative estimate of drug-likeness (QED) is 0.934. The molecule has 0 radical (unpaired) electrons. The second-order valence-electron chi connectivity index (χ2n) is 4.73. The Kier molecular flexibility index (Phi) is 4.52. The third kappa shape index (κ3) is 4.02. The summed E-state index contributed by atoms with van der Waals surface area (Å²) in [6.07, 6.45) is 0. The summed E-state index contributed by atoms with van der Waals surface area (Å²) in [6, 6.07) is 8.49. The monoisotopic (exact) mass is 291 g/mol. The van der Waals surface area contributed by atoms with Crippen LogP contribution in [0.25, 0.3) is 0 Å². The van der Waals surface area contributed by atoms with E-state index in [1.54, 1.807) is 0 Å². The van der Waals surface area contributed by atoms with Crippen LogP contribution in [0.2, 0.25) is 0 Å². The van der Waals surface area contributed by atoms with Gasteiger partial charge in [-0.1, -0.05) is 12.1 Å². The fraction of sp³-hybridized carbons (Fsp3) is 0.188. The minimum absolute atomic E-state index is 0.204. The number of carbonyl (C=O) groups is 1. The fourth-order valence-corrected chi connectivity index (χ4v) is 1.79. The molecule has 0 saturated carbocycles. The standard InChI is InChI=1S/C16H15F2NO2/c1-10-3-4-11(2)15(7-10)21-9-16(20)19-14-8-12(17)5-6-13(14)18/h3-8H,9H2,1-2H3,(H,19,20). The minimum Gasteiger partial charge on any atom is -0.483 e. The molecule has 0 spiro atoms. The van der Waals surface area contributed by atoms with Crippen LogP contribution >= 0.6 is 0 Å². The summed E-state index contributed by atoms with van der Waals surface area (Å²) in [5, 5.41) is 2.28. The summed E-state index contributed by atoms with van der Waals surface area (Å²) in [5.74, 6) is -1.29. The van der Waals surface area contributed by atoms with E-state index < -0.39 is 17.5 Å². The number of benzene rings is 2. The Morgan fingerprint density at radius 3 is 2.67 bits per heavy atom. The Balaban J connectivity index is 1.99. The summed E-state index contributed by atoms with van der Waals surface area (Å²) >= 11 is 0. The first-order chi connectivity index (χ1) is 9.95. The van der Waals surface area contributed by atoms with Crippen LogP contribution in [0.1, 0.15) is 11.1 Å². The van der Waals surface area contributed by atoms with Gasteiger partial charge in [0.15, 0.2) is 6.61 Å². The molecular formula is C16H15F2NO2. The third-order valence-electron chi connectivity index (χ3n) is 2.90. The first kappa shape index (κ1) is 15.0. The lowest BCUT2D eigenvalue weighted by Gasteiger charge is -2.10. The summed E-state index contributed by atoms with van der Waals surface area (Å²) in [5.41, 5.74) is 1.70. The lowest BCUT2D eigenvalue weighted by atomic mass is 10.1. The number of aryl methyl sites for hydroxylation is 2. The summed E-state index contributed by atoms with van der Waals surface area (Å²) < 4.78 is 31.8. The molecule has 0 unspecified atom stereocenters. The Labute approximate surface area is 121 Å². The SMILES string of the molecule is Cc1ccc(C)c(OCC(=O)Nc2cc(F)ccc2F)c1. The number of ether oxygens (including phenoxy) is 1. The molecule has 2 rings (SSSR count). The van der Waals surface area contributed by atoms with Crippen LogP contribution in [0.3, 0.4) is 0 Å². The number of rotatable bonds is 4. The largest absolute Gasteiger partial charge is 0.483 e. The first-order valence-corrected chi connectivity index (χ1v) is 6.40. The van der Waals surface area contributed by atoms with Crippen molar-refractivity contribution in [1.29, 1.82) is 0 Å². The lowest BCUT2D eigenvalue weighted by molar-refractivity contribution is -0.118. The van der Waals surface area contributed by atoms with Crippen molar-refractivity contribution in [3.8, 4) is 5.75 Å². The van der Waals surface area contributed by atoms with Gasteiger partial charge in [-0.15, -0.1) is 0 Å². The molecule has 2 aromatic carbocycles. The van der Waals surface area contributed by atoms with Gasteiger partial charge in [0, 0.05) is 6.07 Å². The van der Waals surface area contributed by atoms with Gasteiger partial charge in [0.05, 0.1) is 5.69 Å². The highest BCUT2D eigenvalue weighted by Gasteiger charge is 2.09. The van der Waals surface area contributed by atoms with Crippen molar-refractivity contribution in [3.05, 3.63) is 59.2 Å². The lowest BCUT2D eigenvalue weighted by Crippen LogP contribution is -2.21. The number of nitrogens with one attached hydrogen (secondary N) is 1. The maximum atomic E-state index is 13.4. The van der Waals surface area contributed by atoms with Gasteiger partial charge >= 0.3 is 0 Å². The first-order valence-electron chi connectivity index (χ1n) is 6.40. The van der Waals surface area contributed by atoms with Crippen LogP contribution in [0.4, 0.5) is 14.5 Å². The molecule has 0 aromatic heterocycles. The third-order valence-corrected chi connectivity index (χ3v) is 2.90. The summed E-state index contributed by atoms with van der Waals surface area (Å²) in [4.78, 5) is 11.7. The average molecular weight is 291 g/mol. The molecule has 1 N–H and O–H groups in total. The molecule has 2 aromatic rings. The molecule has 5 heteroatoms. The van der Waals surface area contributed by atoms with Crippen molar-refractivity contribution in [3.63, 3.8) is 0 Å². The van der Waals surface area contributed by atoms with Gasteiger partial charge in [0.1, 0.15) is 17.4 Å². The molecule has 0 aliphatic carbocycles. The average Bonchev–Trinajstić information content (AvgIpc) is 2.44. The summed E-state index contributed by atoms with van der Waals surface area (Å²) in [7, 11) is 0. The molecule has 1 amide bonds. The molecule has 0 bridgehead atoms. The fourth-order valence-electron chi connectivity index (χ4n) is 1.79. The van der Waals surface area contributed by atoms with E-state index in [1.165, 1.54) is 0 Å². The molecule has 0 aliphatic rings. The predicted molar refractivity (Wildman–Crippen MR) is 76.4 cm³/mol. The van der Waals surface area contributed by atoms with E-state index in [2.05, 4.69) is 5.32 Å². The number of hydrogen-bond donors (Lipinski definition) is 1. The van der Waals surface area contributed by atoms with Gasteiger partial charge in [-0.2, -0.15) is 0 Å². The van der Waals surface area contributed by atoms with Crippen molar-refractivity contribution in [1.82, 2.24) is 0 Å². The zero-order chi connectivity index (χ0) is 15.4. The van der Waals surface area contributed by atoms with Crippen molar-refractivity contribution in [2.45, 2.75) is 13.8 Å². The molecule has 0 fully saturated rings. The van der Waals surface area contributed by atoms with Gasteiger partial charge in [-0.25, -0.2) is 8.78 Å². The normalized spacial score (nSPS) is 10.3. The van der Waals surface area contributed by atoms with Crippen molar-refractivity contribution in [2.75, 3.05) is 11.9 Å². The maximum absolute atomic E-state index is 13.4. The van der Waals surface area contributed by atoms with E-state index in [1.807, 2.05) is 32.0 Å². The van der Waals surface area contributed by atoms with Crippen LogP contribution < -0.4 is 10.1 Å². The molecule has 0 heterocycles. The number of hydrogen-bond acceptors (Lipinski definition) is 2. The Morgan fingerprint density at radius 2 is 1.90 bits per heavy atom. The highest BCUT2D eigenvalue weighted by Crippen LogP contribution is 2.19. The number of amides is 1. The van der Waals surface area contributed by atoms with E-state index in [0.717, 1.165) is 29.3 Å². The number of anilines is 1. The number of carbonyl (C=O) groups excluding carboxylic acids is 1. The van der Waals surface area contributed by atoms with Crippen molar-refractivity contribution >= 4 is 11.6 Å². The predicted octanol–water partition coefficient (Wildman–Crippen LogP) is 3.60. The molecule has 0 saturated heterocycles. The van der Waals surface area contributed by atoms with E-state index in [4.69, 9.17) is 4.74 Å². The van der Waals surface area contributed by atoms with Gasteiger partial charge in [-0.05, 0) is 43.2 Å². The highest BCUT2D eigenvalue weighted by molar-refractivity contribution is 5.92. The second kappa shape index (κ2) is 6.35. The second-order valence-corrected chi connectivity index (χ2v) is 4.73. The molecule has 21 heavy (non-hydrogen) atoms. The molecular weight excluding hydrogens is 276 g/mol. The van der Waals surface area contributed by atoms with E-state index in [0.29, 0.717) is 5.75 Å². The van der Waals surface area contributed by atoms with Crippen LogP contribution in [-0.4, -0.2) is 12.5 Å². The van der Waals surface area contributed by atoms with Gasteiger partial charge < -0.3 is 10.1 Å². The Hall–Kier alpha value is -2.43. The molecule has 3 nitrogen and oxygen atoms in total. The number of halogens is 2. The van der Waals surface area contributed by atoms with Crippen LogP contribution in [-0.2, 0) is 4.79 Å². The molecule has 110 valence electrons. The zero-order valence-corrected chi connectivity index (χ0v) is 11.7. The highest BCUT2D eigenvalue weighted by atomic mass is 19.1. The smallest absolute Gasteiger partial charge is 0.262 e. The summed E-state index contributed by atoms with van der Waals surface area (Å²) in [6.45, 7) is 3.49. The van der Waals surface area contributed by atoms with Crippen LogP contribution in [0.15, 0.2) is 36.4 Å². The zero-order valence-electron chi connectivity index (χ0n) is 11.7.